The van der Waals surface area contributed by atoms with Gasteiger partial charge in [0.05, 0.1) is 0 Å². The molecule has 2 saturated carbocycles. The first-order chi connectivity index (χ1) is 15.4. The Labute approximate surface area is 188 Å². The van der Waals surface area contributed by atoms with E-state index in [0.717, 1.165) is 11.8 Å². The Morgan fingerprint density at radius 1 is 0.419 bits per heavy atom. The molecule has 0 unspecified atom stereocenters. The monoisotopic (exact) mass is 408 g/mol. The van der Waals surface area contributed by atoms with Crippen LogP contribution in [0.25, 0.3) is 0 Å². The van der Waals surface area contributed by atoms with E-state index in [-0.39, 0.29) is 0 Å². The van der Waals surface area contributed by atoms with Crippen molar-refractivity contribution in [1.29, 1.82) is 0 Å². The van der Waals surface area contributed by atoms with Crippen LogP contribution in [0.15, 0.2) is 78.9 Å². The Bertz CT molecular complexity index is 862. The summed E-state index contributed by atoms with van der Waals surface area (Å²) in [6.45, 7) is 0. The molecule has 0 saturated heterocycles. The molecule has 0 atom stereocenters. The fourth-order valence-corrected chi connectivity index (χ4v) is 6.02. The summed E-state index contributed by atoms with van der Waals surface area (Å²) in [5.41, 5.74) is 7.30. The summed E-state index contributed by atoms with van der Waals surface area (Å²) < 4.78 is 0. The fourth-order valence-electron chi connectivity index (χ4n) is 6.02. The zero-order chi connectivity index (χ0) is 20.9. The van der Waals surface area contributed by atoms with Gasteiger partial charge in [0, 0.05) is 5.92 Å². The molecule has 3 aromatic rings. The molecule has 0 spiro atoms. The maximum atomic E-state index is 2.41. The Balaban J connectivity index is 1.43. The van der Waals surface area contributed by atoms with Gasteiger partial charge in [0.1, 0.15) is 0 Å². The summed E-state index contributed by atoms with van der Waals surface area (Å²) >= 11 is 0. The van der Waals surface area contributed by atoms with Gasteiger partial charge >= 0.3 is 0 Å². The maximum absolute atomic E-state index is 2.41. The molecule has 3 aromatic carbocycles. The summed E-state index contributed by atoms with van der Waals surface area (Å²) in [4.78, 5) is 0. The number of hydrogen-bond acceptors (Lipinski definition) is 0. The lowest BCUT2D eigenvalue weighted by Gasteiger charge is -2.25. The highest BCUT2D eigenvalue weighted by Gasteiger charge is 2.20. The first-order valence-corrected chi connectivity index (χ1v) is 12.6. The molecule has 2 aliphatic carbocycles. The molecule has 0 aliphatic heterocycles. The fraction of sp³-hybridized carbons (Fsp3) is 0.419. The molecule has 0 heteroatoms. The SMILES string of the molecule is c1ccc(C(c2ccc(C3CCCCC3)cc2)c2ccc(C3CCCCC3)cc2)cc1. The lowest BCUT2D eigenvalue weighted by Crippen LogP contribution is -2.07. The van der Waals surface area contributed by atoms with E-state index in [1.54, 1.807) is 11.1 Å². The maximum Gasteiger partial charge on any atom is 0.0339 e. The minimum absolute atomic E-state index is 0.307. The second-order valence-electron chi connectivity index (χ2n) is 9.85. The molecule has 2 aliphatic rings. The molecule has 0 nitrogen and oxygen atoms in total. The zero-order valence-electron chi connectivity index (χ0n) is 18.8. The van der Waals surface area contributed by atoms with Crippen LogP contribution >= 0.6 is 0 Å². The van der Waals surface area contributed by atoms with Gasteiger partial charge in [0.25, 0.3) is 0 Å². The summed E-state index contributed by atoms with van der Waals surface area (Å²) in [6, 6.07) is 30.3. The first kappa shape index (κ1) is 20.6. The minimum Gasteiger partial charge on any atom is -0.0622 e. The predicted octanol–water partition coefficient (Wildman–Crippen LogP) is 8.96. The average molecular weight is 409 g/mol. The molecule has 0 amide bonds. The molecule has 0 heterocycles. The van der Waals surface area contributed by atoms with Crippen LogP contribution in [-0.2, 0) is 0 Å². The molecule has 31 heavy (non-hydrogen) atoms. The lowest BCUT2D eigenvalue weighted by atomic mass is 9.80. The van der Waals surface area contributed by atoms with E-state index in [2.05, 4.69) is 78.9 Å². The van der Waals surface area contributed by atoms with Gasteiger partial charge in [-0.1, -0.05) is 117 Å². The highest BCUT2D eigenvalue weighted by atomic mass is 14.2. The predicted molar refractivity (Wildman–Crippen MR) is 132 cm³/mol. The quantitative estimate of drug-likeness (QED) is 0.369. The minimum atomic E-state index is 0.307. The molecular weight excluding hydrogens is 372 g/mol. The Morgan fingerprint density at radius 3 is 1.23 bits per heavy atom. The van der Waals surface area contributed by atoms with Crippen LogP contribution in [0.2, 0.25) is 0 Å². The van der Waals surface area contributed by atoms with Crippen LogP contribution in [0, 0.1) is 0 Å². The third-order valence-corrected chi connectivity index (χ3v) is 7.83. The van der Waals surface area contributed by atoms with Gasteiger partial charge < -0.3 is 0 Å². The first-order valence-electron chi connectivity index (χ1n) is 12.6. The molecular formula is C31H36. The van der Waals surface area contributed by atoms with Crippen LogP contribution < -0.4 is 0 Å². The van der Waals surface area contributed by atoms with Crippen molar-refractivity contribution in [1.82, 2.24) is 0 Å². The molecule has 0 aromatic heterocycles. The Hall–Kier alpha value is -2.34. The molecule has 5 rings (SSSR count). The molecule has 0 N–H and O–H groups in total. The van der Waals surface area contributed by atoms with Crippen LogP contribution in [0.4, 0.5) is 0 Å². The molecule has 2 fully saturated rings. The van der Waals surface area contributed by atoms with Gasteiger partial charge in [-0.3, -0.25) is 0 Å². The van der Waals surface area contributed by atoms with Crippen molar-refractivity contribution in [2.75, 3.05) is 0 Å². The normalized spacial score (nSPS) is 18.4. The van der Waals surface area contributed by atoms with E-state index in [4.69, 9.17) is 0 Å². The van der Waals surface area contributed by atoms with Crippen molar-refractivity contribution < 1.29 is 0 Å². The van der Waals surface area contributed by atoms with Crippen molar-refractivity contribution in [3.8, 4) is 0 Å². The van der Waals surface area contributed by atoms with Gasteiger partial charge in [-0.15, -0.1) is 0 Å². The van der Waals surface area contributed by atoms with E-state index in [9.17, 15) is 0 Å². The second kappa shape index (κ2) is 9.86. The van der Waals surface area contributed by atoms with Gasteiger partial charge in [-0.2, -0.15) is 0 Å². The number of rotatable bonds is 5. The summed E-state index contributed by atoms with van der Waals surface area (Å²) in [5, 5.41) is 0. The van der Waals surface area contributed by atoms with Gasteiger partial charge in [0.2, 0.25) is 0 Å². The smallest absolute Gasteiger partial charge is 0.0339 e. The van der Waals surface area contributed by atoms with E-state index < -0.39 is 0 Å². The highest BCUT2D eigenvalue weighted by Crippen LogP contribution is 2.37. The van der Waals surface area contributed by atoms with E-state index in [1.165, 1.54) is 80.9 Å². The van der Waals surface area contributed by atoms with Crippen molar-refractivity contribution in [3.63, 3.8) is 0 Å². The number of benzene rings is 3. The summed E-state index contributed by atoms with van der Waals surface area (Å²) in [6.07, 6.45) is 13.9. The third kappa shape index (κ3) is 4.79. The highest BCUT2D eigenvalue weighted by molar-refractivity contribution is 5.45. The van der Waals surface area contributed by atoms with Crippen LogP contribution in [-0.4, -0.2) is 0 Å². The summed E-state index contributed by atoms with van der Waals surface area (Å²) in [7, 11) is 0. The zero-order valence-corrected chi connectivity index (χ0v) is 18.8. The second-order valence-corrected chi connectivity index (χ2v) is 9.85. The van der Waals surface area contributed by atoms with E-state index in [0.29, 0.717) is 5.92 Å². The van der Waals surface area contributed by atoms with Crippen LogP contribution in [0.5, 0.6) is 0 Å². The standard InChI is InChI=1S/C31H36/c1-4-10-24(11-5-1)26-16-20-29(21-17-26)31(28-14-8-3-9-15-28)30-22-18-27(19-23-30)25-12-6-2-7-13-25/h3,8-9,14-25,31H,1-2,4-7,10-13H2. The van der Waals surface area contributed by atoms with Crippen LogP contribution in [0.1, 0.15) is 110 Å². The Morgan fingerprint density at radius 2 is 0.806 bits per heavy atom. The molecule has 0 radical (unpaired) electrons. The molecule has 160 valence electrons. The van der Waals surface area contributed by atoms with Crippen molar-refractivity contribution in [3.05, 3.63) is 107 Å². The summed E-state index contributed by atoms with van der Waals surface area (Å²) in [5.74, 6) is 1.85. The lowest BCUT2D eigenvalue weighted by molar-refractivity contribution is 0.443. The van der Waals surface area contributed by atoms with Crippen molar-refractivity contribution in [2.45, 2.75) is 82.0 Å². The largest absolute Gasteiger partial charge is 0.0622 e. The van der Waals surface area contributed by atoms with Crippen molar-refractivity contribution >= 4 is 0 Å². The van der Waals surface area contributed by atoms with Gasteiger partial charge in [-0.05, 0) is 65.3 Å². The third-order valence-electron chi connectivity index (χ3n) is 7.83. The van der Waals surface area contributed by atoms with Crippen molar-refractivity contribution in [2.24, 2.45) is 0 Å². The average Bonchev–Trinajstić information content (AvgIpc) is 2.87. The topological polar surface area (TPSA) is 0 Å². The van der Waals surface area contributed by atoms with Gasteiger partial charge in [-0.25, -0.2) is 0 Å². The van der Waals surface area contributed by atoms with E-state index >= 15 is 0 Å². The van der Waals surface area contributed by atoms with Gasteiger partial charge in [0.15, 0.2) is 0 Å². The molecule has 0 bridgehead atoms. The number of hydrogen-bond donors (Lipinski definition) is 0. The Kier molecular flexibility index (Phi) is 6.54. The van der Waals surface area contributed by atoms with E-state index in [1.807, 2.05) is 0 Å². The van der Waals surface area contributed by atoms with Crippen LogP contribution in [0.3, 0.4) is 0 Å².